The molecule has 0 fully saturated rings. The van der Waals surface area contributed by atoms with Crippen LogP contribution in [0.4, 0.5) is 11.4 Å². The Morgan fingerprint density at radius 1 is 1.13 bits per heavy atom. The molecule has 2 aromatic rings. The van der Waals surface area contributed by atoms with Gasteiger partial charge in [-0.2, -0.15) is 0 Å². The molecular weight excluding hydrogens is 390 g/mol. The van der Waals surface area contributed by atoms with E-state index in [1.807, 2.05) is 50.5 Å². The number of fused-ring (bicyclic) bond motifs is 1. The first-order chi connectivity index (χ1) is 14.6. The molecular formula is C25H33N3O3. The molecule has 1 atom stereocenters. The van der Waals surface area contributed by atoms with Gasteiger partial charge in [-0.25, -0.2) is 0 Å². The maximum absolute atomic E-state index is 12.8. The topological polar surface area (TPSA) is 61.9 Å². The number of carbonyl (C=O) groups excluding carboxylic acids is 2. The monoisotopic (exact) mass is 423 g/mol. The van der Waals surface area contributed by atoms with Gasteiger partial charge in [-0.05, 0) is 75.3 Å². The Labute approximate surface area is 185 Å². The van der Waals surface area contributed by atoms with Gasteiger partial charge in [0.05, 0.1) is 5.69 Å². The van der Waals surface area contributed by atoms with Crippen LogP contribution in [0.25, 0.3) is 0 Å². The average Bonchev–Trinajstić information content (AvgIpc) is 2.70. The van der Waals surface area contributed by atoms with Gasteiger partial charge < -0.3 is 19.9 Å². The molecule has 0 radical (unpaired) electrons. The summed E-state index contributed by atoms with van der Waals surface area (Å²) in [5.41, 5.74) is 3.13. The van der Waals surface area contributed by atoms with E-state index in [9.17, 15) is 9.59 Å². The third kappa shape index (κ3) is 5.44. The van der Waals surface area contributed by atoms with Crippen molar-refractivity contribution in [2.24, 2.45) is 0 Å². The van der Waals surface area contributed by atoms with E-state index >= 15 is 0 Å². The van der Waals surface area contributed by atoms with Gasteiger partial charge in [0.1, 0.15) is 5.75 Å². The van der Waals surface area contributed by atoms with Crippen molar-refractivity contribution >= 4 is 23.2 Å². The smallest absolute Gasteiger partial charge is 0.267 e. The second-order valence-electron chi connectivity index (χ2n) is 9.37. The minimum absolute atomic E-state index is 0.0349. The predicted octanol–water partition coefficient (Wildman–Crippen LogP) is 4.30. The summed E-state index contributed by atoms with van der Waals surface area (Å²) in [5, 5.41) is 2.95. The third-order valence-corrected chi connectivity index (χ3v) is 5.43. The van der Waals surface area contributed by atoms with Crippen molar-refractivity contribution in [1.82, 2.24) is 4.90 Å². The Hall–Kier alpha value is -2.86. The van der Waals surface area contributed by atoms with Crippen LogP contribution in [0.5, 0.6) is 5.75 Å². The van der Waals surface area contributed by atoms with Crippen molar-refractivity contribution in [3.63, 3.8) is 0 Å². The molecule has 0 spiro atoms. The molecule has 6 heteroatoms. The van der Waals surface area contributed by atoms with Crippen LogP contribution < -0.4 is 15.0 Å². The normalized spacial score (nSPS) is 16.2. The van der Waals surface area contributed by atoms with Crippen LogP contribution in [-0.4, -0.2) is 50.0 Å². The number of hydrogen-bond acceptors (Lipinski definition) is 4. The summed E-state index contributed by atoms with van der Waals surface area (Å²) >= 11 is 0. The van der Waals surface area contributed by atoms with E-state index in [1.165, 1.54) is 5.56 Å². The van der Waals surface area contributed by atoms with E-state index in [4.69, 9.17) is 4.74 Å². The van der Waals surface area contributed by atoms with Crippen LogP contribution >= 0.6 is 0 Å². The molecule has 1 aliphatic rings. The summed E-state index contributed by atoms with van der Waals surface area (Å²) in [6.07, 6.45) is 0.329. The zero-order valence-electron chi connectivity index (χ0n) is 19.4. The molecule has 1 unspecified atom stereocenters. The molecule has 1 N–H and O–H groups in total. The molecule has 2 amide bonds. The quantitative estimate of drug-likeness (QED) is 0.752. The fourth-order valence-corrected chi connectivity index (χ4v) is 3.59. The number of nitrogens with zero attached hydrogens (tertiary/aromatic N) is 2. The standard InChI is InChI=1S/C25H33N3O3/c1-17-24(30)28(15-7-14-27(5)6)21-16-20(12-13-22(21)31-17)26-23(29)18-8-10-19(11-9-18)25(2,3)4/h8-13,16-17H,7,14-15H2,1-6H3,(H,26,29). The van der Waals surface area contributed by atoms with Gasteiger partial charge >= 0.3 is 0 Å². The molecule has 6 nitrogen and oxygen atoms in total. The van der Waals surface area contributed by atoms with Crippen molar-refractivity contribution in [1.29, 1.82) is 0 Å². The van der Waals surface area contributed by atoms with Gasteiger partial charge in [0.2, 0.25) is 0 Å². The van der Waals surface area contributed by atoms with Crippen LogP contribution in [0, 0.1) is 0 Å². The SMILES string of the molecule is CC1Oc2ccc(NC(=O)c3ccc(C(C)(C)C)cc3)cc2N(CCCN(C)C)C1=O. The summed E-state index contributed by atoms with van der Waals surface area (Å²) < 4.78 is 5.78. The molecule has 166 valence electrons. The van der Waals surface area contributed by atoms with Gasteiger partial charge in [0.25, 0.3) is 11.8 Å². The van der Waals surface area contributed by atoms with Crippen molar-refractivity contribution in [2.75, 3.05) is 37.4 Å². The van der Waals surface area contributed by atoms with Crippen LogP contribution in [-0.2, 0) is 10.2 Å². The number of rotatable bonds is 6. The number of carbonyl (C=O) groups is 2. The van der Waals surface area contributed by atoms with Crippen molar-refractivity contribution in [3.8, 4) is 5.75 Å². The lowest BCUT2D eigenvalue weighted by atomic mass is 9.87. The highest BCUT2D eigenvalue weighted by molar-refractivity contribution is 6.05. The predicted molar refractivity (Wildman–Crippen MR) is 125 cm³/mol. The first-order valence-electron chi connectivity index (χ1n) is 10.7. The molecule has 1 aliphatic heterocycles. The van der Waals surface area contributed by atoms with E-state index in [2.05, 4.69) is 31.0 Å². The third-order valence-electron chi connectivity index (χ3n) is 5.43. The summed E-state index contributed by atoms with van der Waals surface area (Å²) in [6, 6.07) is 13.1. The molecule has 0 aliphatic carbocycles. The molecule has 31 heavy (non-hydrogen) atoms. The molecule has 3 rings (SSSR count). The van der Waals surface area contributed by atoms with Crippen LogP contribution in [0.2, 0.25) is 0 Å². The van der Waals surface area contributed by atoms with Gasteiger partial charge in [0.15, 0.2) is 6.10 Å². The first-order valence-corrected chi connectivity index (χ1v) is 10.7. The fraction of sp³-hybridized carbons (Fsp3) is 0.440. The summed E-state index contributed by atoms with van der Waals surface area (Å²) in [4.78, 5) is 29.3. The van der Waals surface area contributed by atoms with Crippen molar-refractivity contribution < 1.29 is 14.3 Å². The number of hydrogen-bond donors (Lipinski definition) is 1. The number of benzene rings is 2. The highest BCUT2D eigenvalue weighted by Crippen LogP contribution is 2.36. The molecule has 0 saturated carbocycles. The molecule has 1 heterocycles. The van der Waals surface area contributed by atoms with Crippen LogP contribution in [0.15, 0.2) is 42.5 Å². The minimum atomic E-state index is -0.520. The van der Waals surface area contributed by atoms with E-state index < -0.39 is 6.10 Å². The van der Waals surface area contributed by atoms with E-state index in [0.29, 0.717) is 29.2 Å². The second kappa shape index (κ2) is 9.10. The zero-order chi connectivity index (χ0) is 22.8. The zero-order valence-corrected chi connectivity index (χ0v) is 19.4. The average molecular weight is 424 g/mol. The molecule has 0 bridgehead atoms. The van der Waals surface area contributed by atoms with Crippen molar-refractivity contribution in [3.05, 3.63) is 53.6 Å². The Morgan fingerprint density at radius 3 is 2.42 bits per heavy atom. The first kappa shape index (κ1) is 22.8. The Bertz CT molecular complexity index is 945. The Morgan fingerprint density at radius 2 is 1.81 bits per heavy atom. The largest absolute Gasteiger partial charge is 0.479 e. The Balaban J connectivity index is 1.78. The van der Waals surface area contributed by atoms with Crippen LogP contribution in [0.1, 0.15) is 50.0 Å². The lowest BCUT2D eigenvalue weighted by Gasteiger charge is -2.33. The van der Waals surface area contributed by atoms with Gasteiger partial charge in [0, 0.05) is 17.8 Å². The summed E-state index contributed by atoms with van der Waals surface area (Å²) in [7, 11) is 4.03. The van der Waals surface area contributed by atoms with Gasteiger partial charge in [-0.15, -0.1) is 0 Å². The lowest BCUT2D eigenvalue weighted by molar-refractivity contribution is -0.125. The number of amides is 2. The van der Waals surface area contributed by atoms with Gasteiger partial charge in [-0.1, -0.05) is 32.9 Å². The molecule has 2 aromatic carbocycles. The molecule has 0 saturated heterocycles. The number of ether oxygens (including phenoxy) is 1. The van der Waals surface area contributed by atoms with Gasteiger partial charge in [-0.3, -0.25) is 9.59 Å². The maximum Gasteiger partial charge on any atom is 0.267 e. The minimum Gasteiger partial charge on any atom is -0.479 e. The maximum atomic E-state index is 12.8. The van der Waals surface area contributed by atoms with E-state index in [1.54, 1.807) is 17.9 Å². The summed E-state index contributed by atoms with van der Waals surface area (Å²) in [6.45, 7) is 9.68. The molecule has 0 aromatic heterocycles. The summed E-state index contributed by atoms with van der Waals surface area (Å²) in [5.74, 6) is 0.410. The number of nitrogens with one attached hydrogen (secondary N) is 1. The highest BCUT2D eigenvalue weighted by Gasteiger charge is 2.31. The van der Waals surface area contributed by atoms with E-state index in [-0.39, 0.29) is 17.2 Å². The van der Waals surface area contributed by atoms with Crippen LogP contribution in [0.3, 0.4) is 0 Å². The lowest BCUT2D eigenvalue weighted by Crippen LogP contribution is -2.45. The fourth-order valence-electron chi connectivity index (χ4n) is 3.59. The van der Waals surface area contributed by atoms with Crippen molar-refractivity contribution in [2.45, 2.75) is 45.6 Å². The van der Waals surface area contributed by atoms with E-state index in [0.717, 1.165) is 13.0 Å². The highest BCUT2D eigenvalue weighted by atomic mass is 16.5. The number of anilines is 2. The Kier molecular flexibility index (Phi) is 6.70. The second-order valence-corrected chi connectivity index (χ2v) is 9.37.